The number of amides is 1. The van der Waals surface area contributed by atoms with Crippen LogP contribution in [-0.4, -0.2) is 53.6 Å². The first kappa shape index (κ1) is 26.4. The van der Waals surface area contributed by atoms with Crippen molar-refractivity contribution in [3.05, 3.63) is 0 Å². The minimum atomic E-state index is -3.32. The lowest BCUT2D eigenvalue weighted by molar-refractivity contribution is -0.148. The molecule has 0 saturated carbocycles. The first-order chi connectivity index (χ1) is 14.2. The fourth-order valence-electron chi connectivity index (χ4n) is 3.65. The molecule has 0 aromatic carbocycles. The minimum Gasteiger partial charge on any atom is -0.469 e. The van der Waals surface area contributed by atoms with E-state index >= 15 is 0 Å². The third-order valence-electron chi connectivity index (χ3n) is 5.64. The molecule has 1 rings (SSSR count). The van der Waals surface area contributed by atoms with Gasteiger partial charge in [-0.3, -0.25) is 9.59 Å². The number of carbonyl (C=O) groups excluding carboxylic acids is 2. The Balaban J connectivity index is 2.45. The Hall–Kier alpha value is -1.68. The molecule has 1 N–H and O–H groups in total. The summed E-state index contributed by atoms with van der Waals surface area (Å²) in [6.45, 7) is 4.25. The second kappa shape index (κ2) is 13.6. The van der Waals surface area contributed by atoms with Gasteiger partial charge in [0.2, 0.25) is 0 Å². The number of unbranched alkanes of at least 4 members (excludes halogenated alkanes) is 4. The van der Waals surface area contributed by atoms with Crippen molar-refractivity contribution in [2.45, 2.75) is 103 Å². The van der Waals surface area contributed by atoms with Crippen LogP contribution in [-0.2, 0) is 14.3 Å². The Morgan fingerprint density at radius 2 is 2.00 bits per heavy atom. The highest BCUT2D eigenvalue weighted by atomic mass is 19.3. The molecule has 0 bridgehead atoms. The van der Waals surface area contributed by atoms with Crippen molar-refractivity contribution in [3.8, 4) is 11.8 Å². The Morgan fingerprint density at radius 1 is 1.30 bits per heavy atom. The van der Waals surface area contributed by atoms with Gasteiger partial charge in [-0.05, 0) is 38.0 Å². The lowest BCUT2D eigenvalue weighted by Crippen LogP contribution is -2.37. The summed E-state index contributed by atoms with van der Waals surface area (Å²) in [7, 11) is 1.35. The summed E-state index contributed by atoms with van der Waals surface area (Å²) in [6, 6.07) is -0.546. The molecule has 0 radical (unpaired) electrons. The molecule has 1 saturated heterocycles. The van der Waals surface area contributed by atoms with E-state index in [-0.39, 0.29) is 18.4 Å². The Morgan fingerprint density at radius 3 is 2.67 bits per heavy atom. The number of likely N-dealkylation sites (tertiary alicyclic amines) is 1. The predicted octanol–water partition coefficient (Wildman–Crippen LogP) is 4.32. The van der Waals surface area contributed by atoms with Crippen LogP contribution >= 0.6 is 0 Å². The number of hydrogen-bond donors (Lipinski definition) is 1. The maximum Gasteiger partial charge on any atom is 0.326 e. The Kier molecular flexibility index (Phi) is 11.9. The molecule has 3 atom stereocenters. The number of ether oxygens (including phenoxy) is 1. The third kappa shape index (κ3) is 8.99. The summed E-state index contributed by atoms with van der Waals surface area (Å²) < 4.78 is 32.6. The number of hydrogen-bond acceptors (Lipinski definition) is 4. The van der Waals surface area contributed by atoms with E-state index in [1.54, 1.807) is 0 Å². The van der Waals surface area contributed by atoms with Gasteiger partial charge in [0, 0.05) is 38.3 Å². The molecule has 172 valence electrons. The van der Waals surface area contributed by atoms with Crippen molar-refractivity contribution in [1.29, 1.82) is 0 Å². The molecule has 0 aromatic rings. The normalized spacial score (nSPS) is 19.9. The van der Waals surface area contributed by atoms with E-state index in [0.29, 0.717) is 38.5 Å². The zero-order valence-electron chi connectivity index (χ0n) is 18.6. The molecule has 1 amide bonds. The van der Waals surface area contributed by atoms with Crippen LogP contribution in [0.3, 0.4) is 0 Å². The number of aliphatic hydroxyl groups excluding tert-OH is 1. The lowest BCUT2D eigenvalue weighted by atomic mass is 9.94. The van der Waals surface area contributed by atoms with E-state index in [2.05, 4.69) is 23.5 Å². The Labute approximate surface area is 179 Å². The van der Waals surface area contributed by atoms with Crippen molar-refractivity contribution < 1.29 is 28.2 Å². The van der Waals surface area contributed by atoms with Gasteiger partial charge in [-0.2, -0.15) is 8.78 Å². The summed E-state index contributed by atoms with van der Waals surface area (Å²) in [5, 5.41) is 10.4. The molecular weight excluding hydrogens is 392 g/mol. The Bertz CT molecular complexity index is 600. The number of methoxy groups -OCH3 is 1. The van der Waals surface area contributed by atoms with Crippen LogP contribution in [0.5, 0.6) is 0 Å². The van der Waals surface area contributed by atoms with Crippen molar-refractivity contribution in [1.82, 2.24) is 4.90 Å². The van der Waals surface area contributed by atoms with Crippen molar-refractivity contribution >= 4 is 11.9 Å². The van der Waals surface area contributed by atoms with Gasteiger partial charge in [-0.25, -0.2) is 0 Å². The average Bonchev–Trinajstić information content (AvgIpc) is 2.94. The summed E-state index contributed by atoms with van der Waals surface area (Å²) in [4.78, 5) is 24.5. The average molecular weight is 430 g/mol. The van der Waals surface area contributed by atoms with E-state index in [4.69, 9.17) is 0 Å². The second-order valence-electron chi connectivity index (χ2n) is 8.23. The van der Waals surface area contributed by atoms with Gasteiger partial charge in [-0.15, -0.1) is 11.8 Å². The third-order valence-corrected chi connectivity index (χ3v) is 5.64. The van der Waals surface area contributed by atoms with E-state index in [1.165, 1.54) is 12.0 Å². The van der Waals surface area contributed by atoms with E-state index < -0.39 is 30.4 Å². The largest absolute Gasteiger partial charge is 0.469 e. The first-order valence-electron chi connectivity index (χ1n) is 11.1. The standard InChI is InChI=1S/C23H37F2NO4/c1-4-5-6-9-12-18(2)20(27)15-14-19-17-23(24,25)22(29)26(19)16-11-8-7-10-13-21(28)30-3/h18-20,27H,4-5,7-8,10-17H2,1-3H3. The molecule has 7 heteroatoms. The molecule has 30 heavy (non-hydrogen) atoms. The lowest BCUT2D eigenvalue weighted by Gasteiger charge is -2.26. The maximum absolute atomic E-state index is 14.0. The number of halogens is 2. The van der Waals surface area contributed by atoms with Gasteiger partial charge in [0.05, 0.1) is 13.2 Å². The number of aliphatic hydroxyl groups is 1. The van der Waals surface area contributed by atoms with Crippen LogP contribution < -0.4 is 0 Å². The first-order valence-corrected chi connectivity index (χ1v) is 11.1. The molecule has 0 aliphatic carbocycles. The number of nitrogens with zero attached hydrogens (tertiary/aromatic N) is 1. The molecule has 0 aromatic heterocycles. The molecular formula is C23H37F2NO4. The van der Waals surface area contributed by atoms with E-state index in [9.17, 15) is 23.5 Å². The van der Waals surface area contributed by atoms with Gasteiger partial charge < -0.3 is 14.7 Å². The van der Waals surface area contributed by atoms with Crippen LogP contribution in [0, 0.1) is 17.8 Å². The predicted molar refractivity (Wildman–Crippen MR) is 112 cm³/mol. The van der Waals surface area contributed by atoms with Crippen molar-refractivity contribution in [2.75, 3.05) is 13.7 Å². The van der Waals surface area contributed by atoms with Crippen LogP contribution in [0.2, 0.25) is 0 Å². The zero-order valence-corrected chi connectivity index (χ0v) is 18.6. The summed E-state index contributed by atoms with van der Waals surface area (Å²) in [5.74, 6) is 1.39. The zero-order chi connectivity index (χ0) is 22.6. The quantitative estimate of drug-likeness (QED) is 0.269. The number of alkyl halides is 2. The van der Waals surface area contributed by atoms with Crippen molar-refractivity contribution in [3.63, 3.8) is 0 Å². The molecule has 3 unspecified atom stereocenters. The number of rotatable bonds is 13. The second-order valence-corrected chi connectivity index (χ2v) is 8.23. The van der Waals surface area contributed by atoms with Gasteiger partial charge >= 0.3 is 11.9 Å². The minimum absolute atomic E-state index is 0.0322. The fourth-order valence-corrected chi connectivity index (χ4v) is 3.65. The van der Waals surface area contributed by atoms with Crippen LogP contribution in [0.1, 0.15) is 84.5 Å². The van der Waals surface area contributed by atoms with Crippen LogP contribution in [0.4, 0.5) is 8.78 Å². The van der Waals surface area contributed by atoms with Crippen molar-refractivity contribution in [2.24, 2.45) is 5.92 Å². The van der Waals surface area contributed by atoms with Crippen LogP contribution in [0.25, 0.3) is 0 Å². The molecule has 1 aliphatic rings. The van der Waals surface area contributed by atoms with Gasteiger partial charge in [0.1, 0.15) is 0 Å². The molecule has 0 spiro atoms. The van der Waals surface area contributed by atoms with E-state index in [0.717, 1.165) is 25.7 Å². The fraction of sp³-hybridized carbons (Fsp3) is 0.826. The summed E-state index contributed by atoms with van der Waals surface area (Å²) in [6.07, 6.45) is 5.23. The highest BCUT2D eigenvalue weighted by Gasteiger charge is 2.52. The summed E-state index contributed by atoms with van der Waals surface area (Å²) in [5.41, 5.74) is 0. The van der Waals surface area contributed by atoms with E-state index in [1.807, 2.05) is 6.92 Å². The SMILES string of the molecule is CCCC#CCC(C)C(O)CCC1CC(F)(F)C(=O)N1CCCCCCC(=O)OC. The molecule has 5 nitrogen and oxygen atoms in total. The highest BCUT2D eigenvalue weighted by molar-refractivity contribution is 5.86. The topological polar surface area (TPSA) is 66.8 Å². The van der Waals surface area contributed by atoms with Gasteiger partial charge in [-0.1, -0.05) is 26.7 Å². The number of esters is 1. The maximum atomic E-state index is 14.0. The van der Waals surface area contributed by atoms with Gasteiger partial charge in [0.25, 0.3) is 5.91 Å². The molecule has 1 aliphatic heterocycles. The smallest absolute Gasteiger partial charge is 0.326 e. The number of carbonyl (C=O) groups is 2. The molecule has 1 heterocycles. The molecule has 1 fully saturated rings. The van der Waals surface area contributed by atoms with Crippen LogP contribution in [0.15, 0.2) is 0 Å². The summed E-state index contributed by atoms with van der Waals surface area (Å²) >= 11 is 0. The highest BCUT2D eigenvalue weighted by Crippen LogP contribution is 2.36. The monoisotopic (exact) mass is 429 g/mol. The van der Waals surface area contributed by atoms with Gasteiger partial charge in [0.15, 0.2) is 0 Å².